The van der Waals surface area contributed by atoms with E-state index in [9.17, 15) is 0 Å². The standard InChI is InChI=1S/C12H23N5O2.HI/c1-12(2,3)10-16-9(17-19-10)8-15-11(13-4)14-6-7-18-5;/h6-8H2,1-5H3,(H2,13,14,15);1H. The average Bonchev–Trinajstić information content (AvgIpc) is 2.82. The van der Waals surface area contributed by atoms with Crippen LogP contribution in [0.2, 0.25) is 0 Å². The van der Waals surface area contributed by atoms with Crippen molar-refractivity contribution in [2.45, 2.75) is 32.7 Å². The molecule has 8 heteroatoms. The highest BCUT2D eigenvalue weighted by Gasteiger charge is 2.21. The van der Waals surface area contributed by atoms with Crippen LogP contribution in [0.1, 0.15) is 32.5 Å². The Kier molecular flexibility index (Phi) is 8.70. The van der Waals surface area contributed by atoms with Gasteiger partial charge in [-0.3, -0.25) is 4.99 Å². The number of aliphatic imine (C=N–C) groups is 1. The number of halogens is 1. The summed E-state index contributed by atoms with van der Waals surface area (Å²) in [5, 5.41) is 10.1. The number of hydrogen-bond donors (Lipinski definition) is 2. The molecular formula is C12H24IN5O2. The van der Waals surface area contributed by atoms with Crippen molar-refractivity contribution in [3.8, 4) is 0 Å². The van der Waals surface area contributed by atoms with Crippen LogP contribution in [0.15, 0.2) is 9.52 Å². The molecular weight excluding hydrogens is 373 g/mol. The maximum Gasteiger partial charge on any atom is 0.232 e. The van der Waals surface area contributed by atoms with Crippen molar-refractivity contribution < 1.29 is 9.26 Å². The Balaban J connectivity index is 0.00000361. The number of ether oxygens (including phenoxy) is 1. The van der Waals surface area contributed by atoms with Crippen LogP contribution in [0.5, 0.6) is 0 Å². The van der Waals surface area contributed by atoms with Crippen LogP contribution < -0.4 is 10.6 Å². The molecule has 0 aromatic carbocycles. The van der Waals surface area contributed by atoms with Crippen molar-refractivity contribution in [1.82, 2.24) is 20.8 Å². The van der Waals surface area contributed by atoms with E-state index in [1.807, 2.05) is 20.8 Å². The van der Waals surface area contributed by atoms with E-state index >= 15 is 0 Å². The molecule has 0 bridgehead atoms. The molecule has 1 aromatic heterocycles. The van der Waals surface area contributed by atoms with E-state index in [4.69, 9.17) is 9.26 Å². The molecule has 1 rings (SSSR count). The number of rotatable bonds is 5. The second kappa shape index (κ2) is 9.11. The van der Waals surface area contributed by atoms with Gasteiger partial charge in [-0.15, -0.1) is 24.0 Å². The lowest BCUT2D eigenvalue weighted by atomic mass is 9.97. The molecule has 0 aliphatic carbocycles. The van der Waals surface area contributed by atoms with Gasteiger partial charge in [0.05, 0.1) is 13.2 Å². The lowest BCUT2D eigenvalue weighted by Crippen LogP contribution is -2.38. The number of hydrogen-bond acceptors (Lipinski definition) is 5. The number of methoxy groups -OCH3 is 1. The van der Waals surface area contributed by atoms with Crippen LogP contribution in [-0.2, 0) is 16.7 Å². The van der Waals surface area contributed by atoms with Crippen molar-refractivity contribution >= 4 is 29.9 Å². The second-order valence-corrected chi connectivity index (χ2v) is 5.11. The molecule has 0 spiro atoms. The molecule has 7 nitrogen and oxygen atoms in total. The zero-order valence-electron chi connectivity index (χ0n) is 12.7. The monoisotopic (exact) mass is 397 g/mol. The molecule has 0 unspecified atom stereocenters. The topological polar surface area (TPSA) is 84.6 Å². The van der Waals surface area contributed by atoms with Gasteiger partial charge < -0.3 is 19.9 Å². The Morgan fingerprint density at radius 1 is 1.35 bits per heavy atom. The summed E-state index contributed by atoms with van der Waals surface area (Å²) in [5.74, 6) is 1.92. The van der Waals surface area contributed by atoms with Crippen molar-refractivity contribution in [2.24, 2.45) is 4.99 Å². The molecule has 0 amide bonds. The molecule has 0 saturated heterocycles. The highest BCUT2D eigenvalue weighted by Crippen LogP contribution is 2.19. The summed E-state index contributed by atoms with van der Waals surface area (Å²) >= 11 is 0. The van der Waals surface area contributed by atoms with Gasteiger partial charge in [0.15, 0.2) is 11.8 Å². The molecule has 0 aliphatic heterocycles. The highest BCUT2D eigenvalue weighted by molar-refractivity contribution is 14.0. The average molecular weight is 397 g/mol. The molecule has 0 radical (unpaired) electrons. The van der Waals surface area contributed by atoms with Gasteiger partial charge in [0, 0.05) is 26.1 Å². The summed E-state index contributed by atoms with van der Waals surface area (Å²) in [7, 11) is 3.37. The molecule has 0 fully saturated rings. The summed E-state index contributed by atoms with van der Waals surface area (Å²) in [6, 6.07) is 0. The van der Waals surface area contributed by atoms with Crippen LogP contribution in [-0.4, -0.2) is 43.4 Å². The fraction of sp³-hybridized carbons (Fsp3) is 0.750. The van der Waals surface area contributed by atoms with E-state index in [2.05, 4.69) is 25.8 Å². The van der Waals surface area contributed by atoms with Crippen molar-refractivity contribution in [3.05, 3.63) is 11.7 Å². The minimum absolute atomic E-state index is 0. The molecule has 0 atom stereocenters. The third-order valence-electron chi connectivity index (χ3n) is 2.35. The largest absolute Gasteiger partial charge is 0.383 e. The molecule has 2 N–H and O–H groups in total. The van der Waals surface area contributed by atoms with Crippen LogP contribution in [0.25, 0.3) is 0 Å². The molecule has 1 aromatic rings. The number of guanidine groups is 1. The smallest absolute Gasteiger partial charge is 0.232 e. The number of aromatic nitrogens is 2. The second-order valence-electron chi connectivity index (χ2n) is 5.11. The van der Waals surface area contributed by atoms with E-state index in [1.54, 1.807) is 14.2 Å². The normalized spacial score (nSPS) is 11.9. The zero-order chi connectivity index (χ0) is 14.3. The minimum Gasteiger partial charge on any atom is -0.383 e. The quantitative estimate of drug-likeness (QED) is 0.337. The summed E-state index contributed by atoms with van der Waals surface area (Å²) in [4.78, 5) is 8.42. The van der Waals surface area contributed by atoms with Crippen molar-refractivity contribution in [3.63, 3.8) is 0 Å². The first-order valence-electron chi connectivity index (χ1n) is 6.24. The van der Waals surface area contributed by atoms with E-state index in [-0.39, 0.29) is 29.4 Å². The Morgan fingerprint density at radius 2 is 2.05 bits per heavy atom. The van der Waals surface area contributed by atoms with Crippen molar-refractivity contribution in [1.29, 1.82) is 0 Å². The fourth-order valence-corrected chi connectivity index (χ4v) is 1.29. The predicted molar refractivity (Wildman–Crippen MR) is 88.5 cm³/mol. The van der Waals surface area contributed by atoms with E-state index < -0.39 is 0 Å². The first-order valence-corrected chi connectivity index (χ1v) is 6.24. The molecule has 0 saturated carbocycles. The Bertz CT molecular complexity index is 414. The first-order chi connectivity index (χ1) is 8.97. The zero-order valence-corrected chi connectivity index (χ0v) is 15.0. The van der Waals surface area contributed by atoms with Crippen LogP contribution in [0.3, 0.4) is 0 Å². The predicted octanol–water partition coefficient (Wildman–Crippen LogP) is 1.30. The van der Waals surface area contributed by atoms with Gasteiger partial charge in [-0.1, -0.05) is 25.9 Å². The van der Waals surface area contributed by atoms with Crippen molar-refractivity contribution in [2.75, 3.05) is 27.3 Å². The van der Waals surface area contributed by atoms with Crippen LogP contribution >= 0.6 is 24.0 Å². The van der Waals surface area contributed by atoms with E-state index in [0.717, 1.165) is 0 Å². The maximum absolute atomic E-state index is 5.21. The van der Waals surface area contributed by atoms with Gasteiger partial charge in [-0.25, -0.2) is 0 Å². The summed E-state index contributed by atoms with van der Waals surface area (Å²) < 4.78 is 10.2. The molecule has 1 heterocycles. The van der Waals surface area contributed by atoms with Gasteiger partial charge in [0.1, 0.15) is 0 Å². The lowest BCUT2D eigenvalue weighted by Gasteiger charge is -2.11. The SMILES string of the molecule is CN=C(NCCOC)NCc1noc(C(C)(C)C)n1.I. The first kappa shape index (κ1) is 19.1. The van der Waals surface area contributed by atoms with Gasteiger partial charge >= 0.3 is 0 Å². The Hall–Kier alpha value is -0.900. The third-order valence-corrected chi connectivity index (χ3v) is 2.35. The van der Waals surface area contributed by atoms with Gasteiger partial charge in [0.25, 0.3) is 0 Å². The molecule has 20 heavy (non-hydrogen) atoms. The number of nitrogens with one attached hydrogen (secondary N) is 2. The lowest BCUT2D eigenvalue weighted by molar-refractivity contribution is 0.203. The van der Waals surface area contributed by atoms with Crippen LogP contribution in [0.4, 0.5) is 0 Å². The number of nitrogens with zero attached hydrogens (tertiary/aromatic N) is 3. The fourth-order valence-electron chi connectivity index (χ4n) is 1.29. The van der Waals surface area contributed by atoms with E-state index in [0.29, 0.717) is 37.4 Å². The van der Waals surface area contributed by atoms with Crippen LogP contribution in [0, 0.1) is 0 Å². The Morgan fingerprint density at radius 3 is 2.55 bits per heavy atom. The minimum atomic E-state index is -0.135. The summed E-state index contributed by atoms with van der Waals surface area (Å²) in [6.45, 7) is 7.87. The maximum atomic E-state index is 5.21. The van der Waals surface area contributed by atoms with Gasteiger partial charge in [-0.05, 0) is 0 Å². The summed E-state index contributed by atoms with van der Waals surface area (Å²) in [6.07, 6.45) is 0. The van der Waals surface area contributed by atoms with E-state index in [1.165, 1.54) is 0 Å². The molecule has 0 aliphatic rings. The Labute approximate surface area is 137 Å². The molecule has 116 valence electrons. The van der Waals surface area contributed by atoms with Gasteiger partial charge in [0.2, 0.25) is 5.89 Å². The van der Waals surface area contributed by atoms with Gasteiger partial charge in [-0.2, -0.15) is 4.98 Å². The third kappa shape index (κ3) is 6.51. The highest BCUT2D eigenvalue weighted by atomic mass is 127. The summed E-state index contributed by atoms with van der Waals surface area (Å²) in [5.41, 5.74) is -0.135.